The molecule has 0 atom stereocenters. The fraction of sp³-hybridized carbons (Fsp3) is 0.895. The van der Waals surface area contributed by atoms with E-state index in [1.807, 2.05) is 11.1 Å². The van der Waals surface area contributed by atoms with Crippen molar-refractivity contribution in [2.75, 3.05) is 0 Å². The first-order chi connectivity index (χ1) is 8.87. The third-order valence-corrected chi connectivity index (χ3v) is 7.03. The fourth-order valence-corrected chi connectivity index (χ4v) is 6.67. The Morgan fingerprint density at radius 2 is 1.11 bits per heavy atom. The van der Waals surface area contributed by atoms with Gasteiger partial charge in [-0.3, -0.25) is 0 Å². The van der Waals surface area contributed by atoms with E-state index in [1.54, 1.807) is 6.42 Å². The second-order valence-electron chi connectivity index (χ2n) is 9.40. The largest absolute Gasteiger partial charge is 0.0637 e. The van der Waals surface area contributed by atoms with Crippen molar-refractivity contribution >= 4 is 0 Å². The number of allylic oxidation sites excluding steroid dienone is 2. The summed E-state index contributed by atoms with van der Waals surface area (Å²) in [5.74, 6) is 4.17. The molecule has 0 aromatic carbocycles. The maximum absolute atomic E-state index is 2.52. The topological polar surface area (TPSA) is 0 Å². The second-order valence-corrected chi connectivity index (χ2v) is 9.40. The Labute approximate surface area is 119 Å². The van der Waals surface area contributed by atoms with Gasteiger partial charge in [0.2, 0.25) is 0 Å². The lowest BCUT2D eigenvalue weighted by atomic mass is 9.51. The molecule has 0 spiro atoms. The molecular weight excluding hydrogens is 228 g/mol. The monoisotopic (exact) mass is 258 g/mol. The summed E-state index contributed by atoms with van der Waals surface area (Å²) in [4.78, 5) is 0. The van der Waals surface area contributed by atoms with Gasteiger partial charge in [0.25, 0.3) is 0 Å². The molecule has 106 valence electrons. The summed E-state index contributed by atoms with van der Waals surface area (Å²) in [6.45, 7) is 10.1. The molecule has 0 unspecified atom stereocenters. The molecule has 19 heavy (non-hydrogen) atoms. The van der Waals surface area contributed by atoms with Gasteiger partial charge in [0.1, 0.15) is 0 Å². The standard InChI is InChI=1S/C19H30/c1-18(2)5-6-19(3,4)17(18)16-14-8-12-7-13(10-14)11-15(16)9-12/h12-15H,5-11H2,1-4H3. The predicted molar refractivity (Wildman–Crippen MR) is 80.9 cm³/mol. The Bertz CT molecular complexity index is 387. The average molecular weight is 258 g/mol. The van der Waals surface area contributed by atoms with Crippen molar-refractivity contribution in [3.05, 3.63) is 11.1 Å². The van der Waals surface area contributed by atoms with Crippen molar-refractivity contribution < 1.29 is 0 Å². The minimum Gasteiger partial charge on any atom is -0.0637 e. The fourth-order valence-electron chi connectivity index (χ4n) is 6.67. The van der Waals surface area contributed by atoms with E-state index < -0.39 is 0 Å². The highest BCUT2D eigenvalue weighted by Gasteiger charge is 2.51. The van der Waals surface area contributed by atoms with Crippen LogP contribution in [0.15, 0.2) is 11.1 Å². The lowest BCUT2D eigenvalue weighted by molar-refractivity contribution is 0.0650. The van der Waals surface area contributed by atoms with E-state index in [0.717, 1.165) is 23.7 Å². The molecule has 4 bridgehead atoms. The molecule has 5 rings (SSSR count). The van der Waals surface area contributed by atoms with E-state index in [4.69, 9.17) is 0 Å². The van der Waals surface area contributed by atoms with E-state index in [2.05, 4.69) is 27.7 Å². The highest BCUT2D eigenvalue weighted by Crippen LogP contribution is 2.63. The van der Waals surface area contributed by atoms with Gasteiger partial charge < -0.3 is 0 Å². The smallest absolute Gasteiger partial charge is 0.0136 e. The van der Waals surface area contributed by atoms with Crippen LogP contribution in [0.4, 0.5) is 0 Å². The molecule has 5 saturated carbocycles. The second kappa shape index (κ2) is 3.68. The predicted octanol–water partition coefficient (Wildman–Crippen LogP) is 5.59. The zero-order chi connectivity index (χ0) is 13.4. The number of hydrogen-bond acceptors (Lipinski definition) is 0. The van der Waals surface area contributed by atoms with Gasteiger partial charge in [0, 0.05) is 0 Å². The molecule has 0 saturated heterocycles. The van der Waals surface area contributed by atoms with Crippen molar-refractivity contribution in [3.8, 4) is 0 Å². The van der Waals surface area contributed by atoms with Crippen LogP contribution in [0, 0.1) is 34.5 Å². The van der Waals surface area contributed by atoms with Crippen LogP contribution in [0.1, 0.15) is 72.6 Å². The van der Waals surface area contributed by atoms with Gasteiger partial charge in [0.15, 0.2) is 0 Å². The summed E-state index contributed by atoms with van der Waals surface area (Å²) in [6, 6.07) is 0. The summed E-state index contributed by atoms with van der Waals surface area (Å²) in [6.07, 6.45) is 10.5. The van der Waals surface area contributed by atoms with E-state index in [9.17, 15) is 0 Å². The van der Waals surface area contributed by atoms with E-state index in [0.29, 0.717) is 10.8 Å². The zero-order valence-corrected chi connectivity index (χ0v) is 13.3. The molecule has 5 aliphatic carbocycles. The lowest BCUT2D eigenvalue weighted by Crippen LogP contribution is -2.42. The van der Waals surface area contributed by atoms with Crippen LogP contribution in [0.2, 0.25) is 0 Å². The molecule has 5 aliphatic rings. The van der Waals surface area contributed by atoms with Crippen molar-refractivity contribution in [1.29, 1.82) is 0 Å². The molecule has 0 heterocycles. The molecule has 0 nitrogen and oxygen atoms in total. The summed E-state index contributed by atoms with van der Waals surface area (Å²) >= 11 is 0. The number of rotatable bonds is 0. The van der Waals surface area contributed by atoms with Crippen LogP contribution in [0.5, 0.6) is 0 Å². The zero-order valence-electron chi connectivity index (χ0n) is 13.3. The third kappa shape index (κ3) is 1.71. The Hall–Kier alpha value is -0.260. The summed E-state index contributed by atoms with van der Waals surface area (Å²) < 4.78 is 0. The van der Waals surface area contributed by atoms with Crippen LogP contribution in [0.3, 0.4) is 0 Å². The van der Waals surface area contributed by atoms with Crippen LogP contribution < -0.4 is 0 Å². The Morgan fingerprint density at radius 3 is 1.53 bits per heavy atom. The van der Waals surface area contributed by atoms with Gasteiger partial charge in [-0.05, 0) is 79.4 Å². The molecule has 0 aromatic rings. The SMILES string of the molecule is CC1(C)CCC(C)(C)C1=C1C2CC3CC(C2)CC1C3. The van der Waals surface area contributed by atoms with Crippen molar-refractivity contribution in [3.63, 3.8) is 0 Å². The highest BCUT2D eigenvalue weighted by atomic mass is 14.6. The average Bonchev–Trinajstić information content (AvgIpc) is 2.50. The molecule has 0 aromatic heterocycles. The Kier molecular flexibility index (Phi) is 2.42. The maximum atomic E-state index is 2.52. The summed E-state index contributed by atoms with van der Waals surface area (Å²) in [7, 11) is 0. The van der Waals surface area contributed by atoms with E-state index >= 15 is 0 Å². The number of hydrogen-bond donors (Lipinski definition) is 0. The van der Waals surface area contributed by atoms with Gasteiger partial charge in [0.05, 0.1) is 0 Å². The van der Waals surface area contributed by atoms with Crippen molar-refractivity contribution in [2.45, 2.75) is 72.6 Å². The molecule has 0 radical (unpaired) electrons. The van der Waals surface area contributed by atoms with Gasteiger partial charge in [-0.15, -0.1) is 0 Å². The molecular formula is C19H30. The Morgan fingerprint density at radius 1 is 0.684 bits per heavy atom. The molecule has 0 aliphatic heterocycles. The van der Waals surface area contributed by atoms with E-state index in [1.165, 1.54) is 38.5 Å². The minimum atomic E-state index is 0.480. The lowest BCUT2D eigenvalue weighted by Gasteiger charge is -2.54. The van der Waals surface area contributed by atoms with Crippen molar-refractivity contribution in [2.24, 2.45) is 34.5 Å². The van der Waals surface area contributed by atoms with Gasteiger partial charge in [-0.2, -0.15) is 0 Å². The highest BCUT2D eigenvalue weighted by molar-refractivity contribution is 5.36. The molecule has 5 fully saturated rings. The molecule has 0 heteroatoms. The van der Waals surface area contributed by atoms with Crippen LogP contribution in [0.25, 0.3) is 0 Å². The Balaban J connectivity index is 1.84. The summed E-state index contributed by atoms with van der Waals surface area (Å²) in [5.41, 5.74) is 4.86. The third-order valence-electron chi connectivity index (χ3n) is 7.03. The first-order valence-corrected chi connectivity index (χ1v) is 8.62. The van der Waals surface area contributed by atoms with Gasteiger partial charge in [-0.1, -0.05) is 38.8 Å². The molecule has 0 amide bonds. The quantitative estimate of drug-likeness (QED) is 0.497. The maximum Gasteiger partial charge on any atom is -0.0136 e. The van der Waals surface area contributed by atoms with Gasteiger partial charge >= 0.3 is 0 Å². The van der Waals surface area contributed by atoms with Crippen molar-refractivity contribution in [1.82, 2.24) is 0 Å². The first kappa shape index (κ1) is 12.5. The van der Waals surface area contributed by atoms with Crippen LogP contribution >= 0.6 is 0 Å². The van der Waals surface area contributed by atoms with Crippen LogP contribution in [-0.4, -0.2) is 0 Å². The normalized spacial score (nSPS) is 46.1. The van der Waals surface area contributed by atoms with Crippen LogP contribution in [-0.2, 0) is 0 Å². The van der Waals surface area contributed by atoms with Gasteiger partial charge in [-0.25, -0.2) is 0 Å². The molecule has 0 N–H and O–H groups in total. The minimum absolute atomic E-state index is 0.480. The van der Waals surface area contributed by atoms with E-state index in [-0.39, 0.29) is 0 Å². The first-order valence-electron chi connectivity index (χ1n) is 8.62. The summed E-state index contributed by atoms with van der Waals surface area (Å²) in [5, 5.41) is 0.